The van der Waals surface area contributed by atoms with Gasteiger partial charge in [-0.1, -0.05) is 35.0 Å². The molecule has 0 aliphatic rings. The molecule has 0 radical (unpaired) electrons. The number of nitrogens with zero attached hydrogens (tertiary/aromatic N) is 2. The van der Waals surface area contributed by atoms with Gasteiger partial charge >= 0.3 is 0 Å². The molecule has 0 aliphatic carbocycles. The van der Waals surface area contributed by atoms with Crippen LogP contribution in [0.3, 0.4) is 0 Å². The average Bonchev–Trinajstić information content (AvgIpc) is 2.75. The highest BCUT2D eigenvalue weighted by Crippen LogP contribution is 2.19. The predicted molar refractivity (Wildman–Crippen MR) is 77.6 cm³/mol. The van der Waals surface area contributed by atoms with Crippen LogP contribution >= 0.6 is 15.9 Å². The topological polar surface area (TPSA) is 29.9 Å². The molecule has 2 rings (SSSR count). The quantitative estimate of drug-likeness (QED) is 0.920. The first-order chi connectivity index (χ1) is 8.69. The lowest BCUT2D eigenvalue weighted by molar-refractivity contribution is 0.676. The Morgan fingerprint density at radius 3 is 2.78 bits per heavy atom. The monoisotopic (exact) mass is 307 g/mol. The van der Waals surface area contributed by atoms with E-state index in [4.69, 9.17) is 0 Å². The average molecular weight is 308 g/mol. The Balaban J connectivity index is 2.09. The molecule has 0 saturated heterocycles. The van der Waals surface area contributed by atoms with Gasteiger partial charge < -0.3 is 5.32 Å². The van der Waals surface area contributed by atoms with Crippen LogP contribution in [0.5, 0.6) is 0 Å². The third-order valence-electron chi connectivity index (χ3n) is 2.80. The molecule has 0 spiro atoms. The Bertz CT molecular complexity index is 520. The van der Waals surface area contributed by atoms with Gasteiger partial charge in [0, 0.05) is 17.2 Å². The summed E-state index contributed by atoms with van der Waals surface area (Å²) in [5.74, 6) is 0. The third kappa shape index (κ3) is 3.43. The zero-order valence-corrected chi connectivity index (χ0v) is 12.4. The summed E-state index contributed by atoms with van der Waals surface area (Å²) >= 11 is 3.63. The largest absolute Gasteiger partial charge is 0.313 e. The van der Waals surface area contributed by atoms with E-state index in [9.17, 15) is 0 Å². The first-order valence-electron chi connectivity index (χ1n) is 6.17. The van der Waals surface area contributed by atoms with Crippen molar-refractivity contribution in [2.75, 3.05) is 6.54 Å². The van der Waals surface area contributed by atoms with Gasteiger partial charge in [-0.05, 0) is 36.7 Å². The van der Waals surface area contributed by atoms with Crippen molar-refractivity contribution in [3.8, 4) is 0 Å². The van der Waals surface area contributed by atoms with Crippen LogP contribution in [-0.2, 0) is 13.1 Å². The van der Waals surface area contributed by atoms with E-state index in [1.54, 1.807) is 0 Å². The van der Waals surface area contributed by atoms with Crippen LogP contribution in [0.15, 0.2) is 34.9 Å². The maximum atomic E-state index is 4.40. The maximum absolute atomic E-state index is 4.40. The van der Waals surface area contributed by atoms with Gasteiger partial charge in [-0.25, -0.2) is 0 Å². The van der Waals surface area contributed by atoms with Gasteiger partial charge in [0.25, 0.3) is 0 Å². The van der Waals surface area contributed by atoms with Gasteiger partial charge in [-0.3, -0.25) is 4.68 Å². The summed E-state index contributed by atoms with van der Waals surface area (Å²) in [4.78, 5) is 0. The molecule has 2 aromatic rings. The lowest BCUT2D eigenvalue weighted by Gasteiger charge is -2.08. The van der Waals surface area contributed by atoms with E-state index in [2.05, 4.69) is 51.5 Å². The lowest BCUT2D eigenvalue weighted by Crippen LogP contribution is -2.11. The van der Waals surface area contributed by atoms with E-state index in [1.165, 1.54) is 11.1 Å². The number of hydrogen-bond acceptors (Lipinski definition) is 2. The van der Waals surface area contributed by atoms with Crippen LogP contribution in [0.1, 0.15) is 23.7 Å². The minimum atomic E-state index is 0.801. The molecule has 1 heterocycles. The Kier molecular flexibility index (Phi) is 4.55. The molecule has 4 heteroatoms. The first-order valence-corrected chi connectivity index (χ1v) is 6.96. The highest BCUT2D eigenvalue weighted by molar-refractivity contribution is 9.10. The molecule has 0 bridgehead atoms. The molecule has 0 fully saturated rings. The van der Waals surface area contributed by atoms with Gasteiger partial charge in [-0.15, -0.1) is 0 Å². The summed E-state index contributed by atoms with van der Waals surface area (Å²) < 4.78 is 3.10. The second-order valence-corrected chi connectivity index (χ2v) is 5.22. The number of aromatic nitrogens is 2. The van der Waals surface area contributed by atoms with Crippen molar-refractivity contribution in [3.63, 3.8) is 0 Å². The summed E-state index contributed by atoms with van der Waals surface area (Å²) in [5.41, 5.74) is 3.59. The SMILES string of the molecule is CCNCc1ccc(Cn2ccc(C)n2)c(Br)c1. The highest BCUT2D eigenvalue weighted by Gasteiger charge is 2.03. The van der Waals surface area contributed by atoms with E-state index in [0.717, 1.165) is 29.8 Å². The fraction of sp³-hybridized carbons (Fsp3) is 0.357. The number of rotatable bonds is 5. The minimum absolute atomic E-state index is 0.801. The van der Waals surface area contributed by atoms with Gasteiger partial charge in [-0.2, -0.15) is 5.10 Å². The fourth-order valence-corrected chi connectivity index (χ4v) is 2.38. The molecule has 96 valence electrons. The van der Waals surface area contributed by atoms with Gasteiger partial charge in [0.05, 0.1) is 12.2 Å². The Morgan fingerprint density at radius 2 is 2.17 bits per heavy atom. The van der Waals surface area contributed by atoms with Crippen molar-refractivity contribution in [2.45, 2.75) is 26.9 Å². The second-order valence-electron chi connectivity index (χ2n) is 4.36. The normalized spacial score (nSPS) is 10.8. The summed E-state index contributed by atoms with van der Waals surface area (Å²) in [6, 6.07) is 8.52. The van der Waals surface area contributed by atoms with Gasteiger partial charge in [0.15, 0.2) is 0 Å². The molecule has 18 heavy (non-hydrogen) atoms. The zero-order valence-electron chi connectivity index (χ0n) is 10.8. The molecule has 3 nitrogen and oxygen atoms in total. The molecular formula is C14H18BrN3. The van der Waals surface area contributed by atoms with E-state index in [1.807, 2.05) is 23.9 Å². The standard InChI is InChI=1S/C14H18BrN3/c1-3-16-9-12-4-5-13(14(15)8-12)10-18-7-6-11(2)17-18/h4-8,16H,3,9-10H2,1-2H3. The molecule has 0 atom stereocenters. The highest BCUT2D eigenvalue weighted by atomic mass is 79.9. The number of hydrogen-bond donors (Lipinski definition) is 1. The molecule has 0 amide bonds. The number of benzene rings is 1. The molecule has 0 saturated carbocycles. The van der Waals surface area contributed by atoms with Crippen molar-refractivity contribution in [1.29, 1.82) is 0 Å². The van der Waals surface area contributed by atoms with Crippen LogP contribution in [-0.4, -0.2) is 16.3 Å². The van der Waals surface area contributed by atoms with Crippen LogP contribution in [0.4, 0.5) is 0 Å². The van der Waals surface area contributed by atoms with E-state index >= 15 is 0 Å². The van der Waals surface area contributed by atoms with Crippen molar-refractivity contribution >= 4 is 15.9 Å². The Labute approximate surface area is 116 Å². The third-order valence-corrected chi connectivity index (χ3v) is 3.54. The van der Waals surface area contributed by atoms with Crippen LogP contribution in [0, 0.1) is 6.92 Å². The molecule has 1 N–H and O–H groups in total. The molecule has 0 unspecified atom stereocenters. The summed E-state index contributed by atoms with van der Waals surface area (Å²) in [6.07, 6.45) is 2.01. The maximum Gasteiger partial charge on any atom is 0.0670 e. The Hall–Kier alpha value is -1.13. The van der Waals surface area contributed by atoms with Crippen molar-refractivity contribution in [1.82, 2.24) is 15.1 Å². The van der Waals surface area contributed by atoms with Gasteiger partial charge in [0.1, 0.15) is 0 Å². The second kappa shape index (κ2) is 6.16. The van der Waals surface area contributed by atoms with Crippen molar-refractivity contribution < 1.29 is 0 Å². The predicted octanol–water partition coefficient (Wildman–Crippen LogP) is 3.11. The van der Waals surface area contributed by atoms with Gasteiger partial charge in [0.2, 0.25) is 0 Å². The van der Waals surface area contributed by atoms with Crippen LogP contribution in [0.25, 0.3) is 0 Å². The number of halogens is 1. The number of aryl methyl sites for hydroxylation is 1. The minimum Gasteiger partial charge on any atom is -0.313 e. The lowest BCUT2D eigenvalue weighted by atomic mass is 10.1. The molecule has 0 aliphatic heterocycles. The molecule has 1 aromatic carbocycles. The first kappa shape index (κ1) is 13.3. The van der Waals surface area contributed by atoms with E-state index < -0.39 is 0 Å². The fourth-order valence-electron chi connectivity index (χ4n) is 1.82. The molecular weight excluding hydrogens is 290 g/mol. The van der Waals surface area contributed by atoms with Crippen molar-refractivity contribution in [2.24, 2.45) is 0 Å². The van der Waals surface area contributed by atoms with E-state index in [0.29, 0.717) is 0 Å². The summed E-state index contributed by atoms with van der Waals surface area (Å²) in [6.45, 7) is 6.83. The van der Waals surface area contributed by atoms with Crippen LogP contribution < -0.4 is 5.32 Å². The van der Waals surface area contributed by atoms with E-state index in [-0.39, 0.29) is 0 Å². The Morgan fingerprint density at radius 1 is 1.33 bits per heavy atom. The van der Waals surface area contributed by atoms with Crippen molar-refractivity contribution in [3.05, 3.63) is 51.8 Å². The smallest absolute Gasteiger partial charge is 0.0670 e. The van der Waals surface area contributed by atoms with Crippen LogP contribution in [0.2, 0.25) is 0 Å². The number of nitrogens with one attached hydrogen (secondary N) is 1. The zero-order chi connectivity index (χ0) is 13.0. The summed E-state index contributed by atoms with van der Waals surface area (Å²) in [7, 11) is 0. The molecule has 1 aromatic heterocycles. The summed E-state index contributed by atoms with van der Waals surface area (Å²) in [5, 5.41) is 7.73.